The molecule has 0 bridgehead atoms. The standard InChI is InChI=1S/C20H12F4N2O4/c21-12-5-8-14(9-6-12)30-18-10-7-13(11-16(18)20(22,23)24)25-19(27)15-3-1-2-4-17(15)26(28)29/h1-11H,(H,25,27). The van der Waals surface area contributed by atoms with Gasteiger partial charge in [-0.05, 0) is 48.5 Å². The van der Waals surface area contributed by atoms with E-state index in [1.54, 1.807) is 0 Å². The molecule has 3 aromatic carbocycles. The number of halogens is 4. The highest BCUT2D eigenvalue weighted by Gasteiger charge is 2.35. The zero-order valence-corrected chi connectivity index (χ0v) is 14.9. The first kappa shape index (κ1) is 20.8. The number of nitro benzene ring substituents is 1. The van der Waals surface area contributed by atoms with Crippen LogP contribution in [0.15, 0.2) is 66.7 Å². The van der Waals surface area contributed by atoms with Crippen LogP contribution in [0.25, 0.3) is 0 Å². The van der Waals surface area contributed by atoms with Crippen molar-refractivity contribution in [3.8, 4) is 11.5 Å². The van der Waals surface area contributed by atoms with Gasteiger partial charge in [-0.15, -0.1) is 0 Å². The van der Waals surface area contributed by atoms with Crippen molar-refractivity contribution in [2.24, 2.45) is 0 Å². The number of benzene rings is 3. The molecule has 0 aliphatic carbocycles. The number of ether oxygens (including phenoxy) is 1. The lowest BCUT2D eigenvalue weighted by Gasteiger charge is -2.15. The number of hydrogen-bond donors (Lipinski definition) is 1. The lowest BCUT2D eigenvalue weighted by molar-refractivity contribution is -0.385. The molecule has 0 atom stereocenters. The molecule has 0 aliphatic rings. The second-order valence-electron chi connectivity index (χ2n) is 5.99. The van der Waals surface area contributed by atoms with E-state index in [2.05, 4.69) is 5.32 Å². The summed E-state index contributed by atoms with van der Waals surface area (Å²) >= 11 is 0. The van der Waals surface area contributed by atoms with Crippen LogP contribution in [0.5, 0.6) is 11.5 Å². The predicted molar refractivity (Wildman–Crippen MR) is 99.0 cm³/mol. The van der Waals surface area contributed by atoms with E-state index in [0.717, 1.165) is 30.3 Å². The molecule has 1 amide bonds. The number of carbonyl (C=O) groups excluding carboxylic acids is 1. The van der Waals surface area contributed by atoms with Crippen molar-refractivity contribution in [1.29, 1.82) is 0 Å². The largest absolute Gasteiger partial charge is 0.457 e. The van der Waals surface area contributed by atoms with E-state index in [-0.39, 0.29) is 17.0 Å². The summed E-state index contributed by atoms with van der Waals surface area (Å²) in [6.45, 7) is 0. The molecular formula is C20H12F4N2O4. The lowest BCUT2D eigenvalue weighted by atomic mass is 10.1. The number of nitrogens with one attached hydrogen (secondary N) is 1. The highest BCUT2D eigenvalue weighted by molar-refractivity contribution is 6.07. The number of nitrogens with zero attached hydrogens (tertiary/aromatic N) is 1. The van der Waals surface area contributed by atoms with E-state index in [4.69, 9.17) is 4.74 Å². The van der Waals surface area contributed by atoms with E-state index in [9.17, 15) is 32.5 Å². The number of alkyl halides is 3. The molecule has 30 heavy (non-hydrogen) atoms. The molecule has 0 aromatic heterocycles. The Bertz CT molecular complexity index is 1100. The number of para-hydroxylation sites is 1. The van der Waals surface area contributed by atoms with E-state index in [1.807, 2.05) is 0 Å². The third-order valence-corrected chi connectivity index (χ3v) is 3.93. The monoisotopic (exact) mass is 420 g/mol. The third kappa shape index (κ3) is 4.72. The molecule has 3 aromatic rings. The van der Waals surface area contributed by atoms with E-state index < -0.39 is 39.8 Å². The number of amides is 1. The molecule has 0 saturated heterocycles. The van der Waals surface area contributed by atoms with E-state index in [0.29, 0.717) is 6.07 Å². The first-order valence-electron chi connectivity index (χ1n) is 8.34. The van der Waals surface area contributed by atoms with Gasteiger partial charge in [0.1, 0.15) is 28.4 Å². The Labute approximate surface area is 166 Å². The summed E-state index contributed by atoms with van der Waals surface area (Å²) in [5.41, 5.74) is -2.21. The second-order valence-corrected chi connectivity index (χ2v) is 5.99. The van der Waals surface area contributed by atoms with Gasteiger partial charge in [-0.25, -0.2) is 4.39 Å². The number of anilines is 1. The fourth-order valence-electron chi connectivity index (χ4n) is 2.57. The number of carbonyl (C=O) groups is 1. The smallest absolute Gasteiger partial charge is 0.420 e. The molecule has 0 fully saturated rings. The maximum absolute atomic E-state index is 13.5. The van der Waals surface area contributed by atoms with E-state index >= 15 is 0 Å². The SMILES string of the molecule is O=C(Nc1ccc(Oc2ccc(F)cc2)c(C(F)(F)F)c1)c1ccccc1[N+](=O)[O-]. The van der Waals surface area contributed by atoms with Crippen LogP contribution in [-0.2, 0) is 6.18 Å². The summed E-state index contributed by atoms with van der Waals surface area (Å²) in [5, 5.41) is 13.3. The van der Waals surface area contributed by atoms with Crippen molar-refractivity contribution in [2.75, 3.05) is 5.32 Å². The van der Waals surface area contributed by atoms with Gasteiger partial charge in [-0.1, -0.05) is 12.1 Å². The van der Waals surface area contributed by atoms with Gasteiger partial charge >= 0.3 is 6.18 Å². The van der Waals surface area contributed by atoms with Gasteiger partial charge in [-0.3, -0.25) is 14.9 Å². The molecule has 0 aliphatic heterocycles. The molecule has 0 spiro atoms. The van der Waals surface area contributed by atoms with Crippen LogP contribution < -0.4 is 10.1 Å². The van der Waals surface area contributed by atoms with E-state index in [1.165, 1.54) is 30.3 Å². The highest BCUT2D eigenvalue weighted by atomic mass is 19.4. The van der Waals surface area contributed by atoms with Gasteiger partial charge in [0, 0.05) is 11.8 Å². The van der Waals surface area contributed by atoms with Gasteiger partial charge < -0.3 is 10.1 Å². The highest BCUT2D eigenvalue weighted by Crippen LogP contribution is 2.39. The zero-order valence-electron chi connectivity index (χ0n) is 14.9. The van der Waals surface area contributed by atoms with Crippen LogP contribution in [0, 0.1) is 15.9 Å². The summed E-state index contributed by atoms with van der Waals surface area (Å²) in [6, 6.07) is 12.2. The lowest BCUT2D eigenvalue weighted by Crippen LogP contribution is -2.15. The molecule has 3 rings (SSSR count). The molecule has 10 heteroatoms. The van der Waals surface area contributed by atoms with Crippen LogP contribution in [0.2, 0.25) is 0 Å². The predicted octanol–water partition coefficient (Wildman–Crippen LogP) is 5.80. The minimum Gasteiger partial charge on any atom is -0.457 e. The number of nitro groups is 1. The van der Waals surface area contributed by atoms with Crippen molar-refractivity contribution in [1.82, 2.24) is 0 Å². The first-order chi connectivity index (χ1) is 14.1. The molecule has 154 valence electrons. The Balaban J connectivity index is 1.91. The quantitative estimate of drug-likeness (QED) is 0.321. The minimum absolute atomic E-state index is 0.0152. The summed E-state index contributed by atoms with van der Waals surface area (Å²) in [6.07, 6.45) is -4.82. The van der Waals surface area contributed by atoms with Crippen LogP contribution in [-0.4, -0.2) is 10.8 Å². The van der Waals surface area contributed by atoms with Crippen LogP contribution >= 0.6 is 0 Å². The average molecular weight is 420 g/mol. The summed E-state index contributed by atoms with van der Waals surface area (Å²) in [5.74, 6) is -2.09. The van der Waals surface area contributed by atoms with Gasteiger partial charge in [0.05, 0.1) is 4.92 Å². The van der Waals surface area contributed by atoms with Gasteiger partial charge in [0.15, 0.2) is 0 Å². The molecule has 0 heterocycles. The molecule has 1 N–H and O–H groups in total. The van der Waals surface area contributed by atoms with Crippen LogP contribution in [0.3, 0.4) is 0 Å². The summed E-state index contributed by atoms with van der Waals surface area (Å²) < 4.78 is 58.6. The fraction of sp³-hybridized carbons (Fsp3) is 0.0500. The molecule has 0 radical (unpaired) electrons. The number of rotatable bonds is 5. The maximum atomic E-state index is 13.5. The van der Waals surface area contributed by atoms with Crippen molar-refractivity contribution in [3.05, 3.63) is 93.8 Å². The van der Waals surface area contributed by atoms with Crippen LogP contribution in [0.1, 0.15) is 15.9 Å². The Morgan fingerprint density at radius 2 is 1.67 bits per heavy atom. The summed E-state index contributed by atoms with van der Waals surface area (Å²) in [4.78, 5) is 22.6. The Morgan fingerprint density at radius 3 is 2.30 bits per heavy atom. The average Bonchev–Trinajstić information content (AvgIpc) is 2.70. The Hall–Kier alpha value is -3.95. The maximum Gasteiger partial charge on any atom is 0.420 e. The Morgan fingerprint density at radius 1 is 1.00 bits per heavy atom. The first-order valence-corrected chi connectivity index (χ1v) is 8.34. The fourth-order valence-corrected chi connectivity index (χ4v) is 2.57. The van der Waals surface area contributed by atoms with Crippen molar-refractivity contribution >= 4 is 17.3 Å². The van der Waals surface area contributed by atoms with Crippen molar-refractivity contribution in [2.45, 2.75) is 6.18 Å². The van der Waals surface area contributed by atoms with Crippen molar-refractivity contribution < 1.29 is 32.0 Å². The Kier molecular flexibility index (Phi) is 5.67. The van der Waals surface area contributed by atoms with Crippen LogP contribution in [0.4, 0.5) is 28.9 Å². The van der Waals surface area contributed by atoms with Crippen molar-refractivity contribution in [3.63, 3.8) is 0 Å². The molecular weight excluding hydrogens is 408 g/mol. The van der Waals surface area contributed by atoms with Gasteiger partial charge in [0.2, 0.25) is 0 Å². The molecule has 6 nitrogen and oxygen atoms in total. The number of hydrogen-bond acceptors (Lipinski definition) is 4. The summed E-state index contributed by atoms with van der Waals surface area (Å²) in [7, 11) is 0. The zero-order chi connectivity index (χ0) is 21.9. The van der Waals surface area contributed by atoms with Gasteiger partial charge in [-0.2, -0.15) is 13.2 Å². The second kappa shape index (κ2) is 8.19. The molecule has 0 saturated carbocycles. The topological polar surface area (TPSA) is 81.5 Å². The van der Waals surface area contributed by atoms with Gasteiger partial charge in [0.25, 0.3) is 11.6 Å². The molecule has 0 unspecified atom stereocenters. The third-order valence-electron chi connectivity index (χ3n) is 3.93. The minimum atomic E-state index is -4.82. The normalized spacial score (nSPS) is 11.1.